The molecule has 1 atom stereocenters. The zero-order valence-corrected chi connectivity index (χ0v) is 16.6. The number of halogens is 2. The summed E-state index contributed by atoms with van der Waals surface area (Å²) in [7, 11) is -3.84. The molecule has 3 rings (SSSR count). The Bertz CT molecular complexity index is 914. The first-order valence-electron chi connectivity index (χ1n) is 9.12. The molecule has 2 heterocycles. The van der Waals surface area contributed by atoms with E-state index in [1.54, 1.807) is 19.1 Å². The van der Waals surface area contributed by atoms with E-state index in [0.29, 0.717) is 16.9 Å². The highest BCUT2D eigenvalue weighted by Gasteiger charge is 2.20. The minimum absolute atomic E-state index is 0.0169. The van der Waals surface area contributed by atoms with Crippen molar-refractivity contribution in [3.05, 3.63) is 47.7 Å². The first kappa shape index (κ1) is 20.5. The smallest absolute Gasteiger partial charge is 0.261 e. The van der Waals surface area contributed by atoms with Gasteiger partial charge in [-0.3, -0.25) is 4.72 Å². The molecule has 0 radical (unpaired) electrons. The molecule has 1 saturated heterocycles. The van der Waals surface area contributed by atoms with Crippen molar-refractivity contribution in [2.45, 2.75) is 31.1 Å². The maximum atomic E-state index is 12.8. The Kier molecular flexibility index (Phi) is 6.14. The summed E-state index contributed by atoms with van der Waals surface area (Å²) in [6.07, 6.45) is -2.50. The molecule has 1 fully saturated rings. The minimum atomic E-state index is -3.84. The maximum Gasteiger partial charge on any atom is 0.261 e. The van der Waals surface area contributed by atoms with Crippen LogP contribution < -0.4 is 14.9 Å². The van der Waals surface area contributed by atoms with Gasteiger partial charge >= 0.3 is 0 Å². The summed E-state index contributed by atoms with van der Waals surface area (Å²) < 4.78 is 53.4. The van der Waals surface area contributed by atoms with Crippen LogP contribution in [0.15, 0.2) is 41.3 Å². The van der Waals surface area contributed by atoms with Gasteiger partial charge in [0, 0.05) is 32.1 Å². The zero-order chi connectivity index (χ0) is 20.3. The second kappa shape index (κ2) is 8.40. The molecule has 1 aromatic heterocycles. The number of sulfonamides is 1. The molecule has 0 spiro atoms. The van der Waals surface area contributed by atoms with Gasteiger partial charge in [0.1, 0.15) is 5.82 Å². The van der Waals surface area contributed by atoms with Gasteiger partial charge in [0.25, 0.3) is 10.0 Å². The van der Waals surface area contributed by atoms with E-state index < -0.39 is 22.4 Å². The van der Waals surface area contributed by atoms with Crippen molar-refractivity contribution in [2.75, 3.05) is 35.8 Å². The van der Waals surface area contributed by atoms with E-state index in [-0.39, 0.29) is 4.90 Å². The van der Waals surface area contributed by atoms with Gasteiger partial charge in [0.05, 0.1) is 16.3 Å². The Morgan fingerprint density at radius 3 is 2.32 bits per heavy atom. The Labute approximate surface area is 164 Å². The quantitative estimate of drug-likeness (QED) is 0.766. The number of hydrogen-bond donors (Lipinski definition) is 2. The van der Waals surface area contributed by atoms with Gasteiger partial charge in [0.2, 0.25) is 6.43 Å². The summed E-state index contributed by atoms with van der Waals surface area (Å²) in [5, 5.41) is 3.27. The van der Waals surface area contributed by atoms with Crippen LogP contribution in [0.5, 0.6) is 0 Å². The number of piperazine rings is 1. The number of rotatable bonds is 6. The van der Waals surface area contributed by atoms with E-state index in [1.807, 2.05) is 0 Å². The normalized spacial score (nSPS) is 16.2. The van der Waals surface area contributed by atoms with Gasteiger partial charge in [-0.05, 0) is 36.8 Å². The molecule has 28 heavy (non-hydrogen) atoms. The van der Waals surface area contributed by atoms with E-state index >= 15 is 0 Å². The molecule has 0 bridgehead atoms. The van der Waals surface area contributed by atoms with Crippen LogP contribution >= 0.6 is 0 Å². The molecule has 1 aliphatic rings. The molecular formula is C19H24F2N4O2S. The Morgan fingerprint density at radius 2 is 1.75 bits per heavy atom. The predicted molar refractivity (Wildman–Crippen MR) is 106 cm³/mol. The second-order valence-corrected chi connectivity index (χ2v) is 8.52. The largest absolute Gasteiger partial charge is 0.354 e. The Hall–Kier alpha value is -2.26. The molecule has 0 aliphatic carbocycles. The topological polar surface area (TPSA) is 74.3 Å². The van der Waals surface area contributed by atoms with E-state index in [0.717, 1.165) is 32.0 Å². The van der Waals surface area contributed by atoms with Crippen molar-refractivity contribution in [2.24, 2.45) is 0 Å². The Balaban J connectivity index is 1.76. The summed E-state index contributed by atoms with van der Waals surface area (Å²) in [5.74, 6) is -0.138. The van der Waals surface area contributed by atoms with Gasteiger partial charge in [-0.2, -0.15) is 0 Å². The average molecular weight is 410 g/mol. The maximum absolute atomic E-state index is 12.8. The van der Waals surface area contributed by atoms with Crippen LogP contribution in [-0.4, -0.2) is 46.0 Å². The van der Waals surface area contributed by atoms with Crippen molar-refractivity contribution in [1.82, 2.24) is 10.3 Å². The monoisotopic (exact) mass is 410 g/mol. The third-order valence-corrected chi connectivity index (χ3v) is 6.23. The first-order chi connectivity index (χ1) is 13.3. The van der Waals surface area contributed by atoms with Crippen LogP contribution in [-0.2, 0) is 10.0 Å². The number of hydrogen-bond acceptors (Lipinski definition) is 5. The van der Waals surface area contributed by atoms with Crippen LogP contribution in [0.25, 0.3) is 0 Å². The van der Waals surface area contributed by atoms with Crippen LogP contribution in [0.3, 0.4) is 0 Å². The molecular weight excluding hydrogens is 386 g/mol. The van der Waals surface area contributed by atoms with Crippen molar-refractivity contribution >= 4 is 21.5 Å². The van der Waals surface area contributed by atoms with E-state index in [2.05, 4.69) is 19.9 Å². The molecule has 1 unspecified atom stereocenters. The Morgan fingerprint density at radius 1 is 1.11 bits per heavy atom. The van der Waals surface area contributed by atoms with Crippen LogP contribution in [0, 0.1) is 6.92 Å². The van der Waals surface area contributed by atoms with E-state index in [1.165, 1.54) is 31.2 Å². The fourth-order valence-electron chi connectivity index (χ4n) is 3.03. The van der Waals surface area contributed by atoms with Crippen molar-refractivity contribution in [3.8, 4) is 0 Å². The lowest BCUT2D eigenvalue weighted by atomic mass is 10.0. The molecule has 1 aromatic carbocycles. The number of pyridine rings is 1. The first-order valence-corrected chi connectivity index (χ1v) is 10.6. The molecule has 1 aliphatic heterocycles. The molecule has 6 nitrogen and oxygen atoms in total. The highest BCUT2D eigenvalue weighted by atomic mass is 32.2. The number of nitrogens with one attached hydrogen (secondary N) is 2. The van der Waals surface area contributed by atoms with Gasteiger partial charge in [0.15, 0.2) is 0 Å². The lowest BCUT2D eigenvalue weighted by Gasteiger charge is -2.28. The summed E-state index contributed by atoms with van der Waals surface area (Å²) in [6.45, 7) is 6.62. The fourth-order valence-corrected chi connectivity index (χ4v) is 4.14. The van der Waals surface area contributed by atoms with Gasteiger partial charge in [-0.1, -0.05) is 19.1 Å². The molecule has 2 aromatic rings. The molecule has 0 saturated carbocycles. The lowest BCUT2D eigenvalue weighted by Crippen LogP contribution is -2.43. The predicted octanol–water partition coefficient (Wildman–Crippen LogP) is 2.97. The highest BCUT2D eigenvalue weighted by Crippen LogP contribution is 2.26. The van der Waals surface area contributed by atoms with Crippen molar-refractivity contribution in [1.29, 1.82) is 0 Å². The molecule has 2 N–H and O–H groups in total. The SMILES string of the molecule is Cc1nc(N2CCNCC2)ccc1NS(=O)(=O)c1ccc(C(C)C(F)F)cc1. The zero-order valence-electron chi connectivity index (χ0n) is 15.8. The lowest BCUT2D eigenvalue weighted by molar-refractivity contribution is 0.121. The average Bonchev–Trinajstić information content (AvgIpc) is 2.69. The fraction of sp³-hybridized carbons (Fsp3) is 0.421. The number of alkyl halides is 2. The van der Waals surface area contributed by atoms with Gasteiger partial charge < -0.3 is 10.2 Å². The van der Waals surface area contributed by atoms with Crippen LogP contribution in [0.2, 0.25) is 0 Å². The summed E-state index contributed by atoms with van der Waals surface area (Å²) in [5.41, 5.74) is 1.36. The van der Waals surface area contributed by atoms with Gasteiger partial charge in [-0.25, -0.2) is 22.2 Å². The standard InChI is InChI=1S/C19H24F2N4O2S/c1-13(19(20)21)15-3-5-16(6-4-15)28(26,27)24-17-7-8-18(23-14(17)2)25-11-9-22-10-12-25/h3-8,13,19,22,24H,9-12H2,1-2H3. The number of aromatic nitrogens is 1. The third-order valence-electron chi connectivity index (χ3n) is 4.85. The van der Waals surface area contributed by atoms with Crippen LogP contribution in [0.1, 0.15) is 24.1 Å². The number of nitrogens with zero attached hydrogens (tertiary/aromatic N) is 2. The number of anilines is 2. The second-order valence-electron chi connectivity index (χ2n) is 6.84. The highest BCUT2D eigenvalue weighted by molar-refractivity contribution is 7.92. The van der Waals surface area contributed by atoms with E-state index in [9.17, 15) is 17.2 Å². The van der Waals surface area contributed by atoms with Crippen molar-refractivity contribution < 1.29 is 17.2 Å². The third kappa shape index (κ3) is 4.59. The van der Waals surface area contributed by atoms with E-state index in [4.69, 9.17) is 0 Å². The summed E-state index contributed by atoms with van der Waals surface area (Å²) in [6, 6.07) is 9.02. The van der Waals surface area contributed by atoms with Crippen molar-refractivity contribution in [3.63, 3.8) is 0 Å². The summed E-state index contributed by atoms with van der Waals surface area (Å²) in [4.78, 5) is 6.68. The molecule has 152 valence electrons. The summed E-state index contributed by atoms with van der Waals surface area (Å²) >= 11 is 0. The molecule has 0 amide bonds. The van der Waals surface area contributed by atoms with Crippen LogP contribution in [0.4, 0.5) is 20.3 Å². The van der Waals surface area contributed by atoms with Gasteiger partial charge in [-0.15, -0.1) is 0 Å². The number of aryl methyl sites for hydroxylation is 1. The molecule has 9 heteroatoms. The number of benzene rings is 1. The minimum Gasteiger partial charge on any atom is -0.354 e.